The summed E-state index contributed by atoms with van der Waals surface area (Å²) in [4.78, 5) is 0.158. The van der Waals surface area contributed by atoms with Gasteiger partial charge in [-0.25, -0.2) is 0 Å². The highest BCUT2D eigenvalue weighted by Crippen LogP contribution is 2.63. The highest BCUT2D eigenvalue weighted by molar-refractivity contribution is 7.86. The smallest absolute Gasteiger partial charge is 0.295 e. The van der Waals surface area contributed by atoms with E-state index < -0.39 is 10.1 Å². The summed E-state index contributed by atoms with van der Waals surface area (Å²) in [6.07, 6.45) is 12.4. The van der Waals surface area contributed by atoms with Gasteiger partial charge in [-0.1, -0.05) is 19.8 Å². The number of aromatic hydroxyl groups is 1. The molecule has 6 aliphatic rings. The molecule has 6 fully saturated rings. The van der Waals surface area contributed by atoms with Crippen LogP contribution < -0.4 is 0 Å². The lowest BCUT2D eigenvalue weighted by Crippen LogP contribution is -2.49. The second kappa shape index (κ2) is 6.25. The average molecular weight is 431 g/mol. The van der Waals surface area contributed by atoms with Crippen LogP contribution in [0.5, 0.6) is 5.75 Å². The van der Waals surface area contributed by atoms with E-state index in [9.17, 15) is 18.1 Å². The minimum absolute atomic E-state index is 0.158. The van der Waals surface area contributed by atoms with Gasteiger partial charge in [-0.3, -0.25) is 4.55 Å². The summed E-state index contributed by atoms with van der Waals surface area (Å²) >= 11 is 0. The molecule has 1 aromatic rings. The van der Waals surface area contributed by atoms with Crippen LogP contribution >= 0.6 is 0 Å². The largest absolute Gasteiger partial charge is 0.508 e. The van der Waals surface area contributed by atoms with E-state index in [-0.39, 0.29) is 21.5 Å². The van der Waals surface area contributed by atoms with Crippen LogP contribution in [0.4, 0.5) is 0 Å². The molecule has 0 spiro atoms. The molecular weight excluding hydrogens is 396 g/mol. The van der Waals surface area contributed by atoms with E-state index in [2.05, 4.69) is 6.92 Å². The number of hydrogen-bond donors (Lipinski definition) is 2. The molecule has 0 heterocycles. The number of fused-ring (bicyclic) bond motifs is 2. The van der Waals surface area contributed by atoms with Crippen molar-refractivity contribution < 1.29 is 18.1 Å². The molecule has 5 heteroatoms. The van der Waals surface area contributed by atoms with Gasteiger partial charge in [-0.2, -0.15) is 8.42 Å². The van der Waals surface area contributed by atoms with Crippen molar-refractivity contribution in [2.75, 3.05) is 0 Å². The molecule has 2 N–H and O–H groups in total. The van der Waals surface area contributed by atoms with E-state index in [0.717, 1.165) is 37.7 Å². The third-order valence-electron chi connectivity index (χ3n) is 9.72. The highest BCUT2D eigenvalue weighted by Gasteiger charge is 2.54. The Kier molecular flexibility index (Phi) is 4.08. The maximum absolute atomic E-state index is 12.9. The third kappa shape index (κ3) is 2.91. The molecule has 0 radical (unpaired) electrons. The molecule has 2 atom stereocenters. The minimum atomic E-state index is -4.39. The van der Waals surface area contributed by atoms with Crippen molar-refractivity contribution in [3.05, 3.63) is 23.3 Å². The number of benzene rings is 1. The summed E-state index contributed by atoms with van der Waals surface area (Å²) in [7, 11) is -4.39. The van der Waals surface area contributed by atoms with Crippen LogP contribution in [0.1, 0.15) is 88.7 Å². The first-order valence-corrected chi connectivity index (χ1v) is 13.4. The summed E-state index contributed by atoms with van der Waals surface area (Å²) in [5.41, 5.74) is 0.924. The van der Waals surface area contributed by atoms with E-state index in [1.165, 1.54) is 38.5 Å². The standard InChI is InChI=1S/C25H34O4S/c1-24(10-15-2-3-16(4-15)11-24)21-8-20(26)9-22(23(21)30(27,28)29)25-12-17-5-18(13-25)7-19(6-17)14-25/h8-9,15-19,26H,2-7,10-14H2,1H3,(H,27,28,29). The second-order valence-corrected chi connectivity index (χ2v) is 13.4. The fraction of sp³-hybridized carbons (Fsp3) is 0.760. The molecule has 30 heavy (non-hydrogen) atoms. The zero-order chi connectivity index (χ0) is 20.9. The van der Waals surface area contributed by atoms with Crippen molar-refractivity contribution in [1.29, 1.82) is 0 Å². The molecule has 0 saturated heterocycles. The first-order chi connectivity index (χ1) is 14.1. The van der Waals surface area contributed by atoms with E-state index in [4.69, 9.17) is 0 Å². The SMILES string of the molecule is CC1(c2cc(O)cc(C34CC5CC(CC(C5)C3)C4)c2S(=O)(=O)O)CC2CCC(C2)C1. The third-order valence-corrected chi connectivity index (χ3v) is 10.7. The number of phenolic OH excluding ortho intramolecular Hbond substituents is 1. The molecule has 6 aliphatic carbocycles. The summed E-state index contributed by atoms with van der Waals surface area (Å²) in [6, 6.07) is 3.36. The Morgan fingerprint density at radius 3 is 1.77 bits per heavy atom. The van der Waals surface area contributed by atoms with Crippen molar-refractivity contribution in [2.45, 2.75) is 93.3 Å². The number of rotatable bonds is 3. The van der Waals surface area contributed by atoms with Crippen molar-refractivity contribution in [3.8, 4) is 5.75 Å². The molecule has 164 valence electrons. The Morgan fingerprint density at radius 1 is 0.800 bits per heavy atom. The van der Waals surface area contributed by atoms with E-state index >= 15 is 0 Å². The fourth-order valence-corrected chi connectivity index (χ4v) is 10.4. The highest BCUT2D eigenvalue weighted by atomic mass is 32.2. The molecule has 2 unspecified atom stereocenters. The Balaban J connectivity index is 1.55. The summed E-state index contributed by atoms with van der Waals surface area (Å²) in [6.45, 7) is 2.17. The molecule has 0 amide bonds. The maximum atomic E-state index is 12.9. The molecule has 4 nitrogen and oxygen atoms in total. The first kappa shape index (κ1) is 19.6. The van der Waals surface area contributed by atoms with Crippen LogP contribution in [-0.2, 0) is 20.9 Å². The van der Waals surface area contributed by atoms with Gasteiger partial charge in [-0.15, -0.1) is 0 Å². The van der Waals surface area contributed by atoms with E-state index in [1.807, 2.05) is 0 Å². The van der Waals surface area contributed by atoms with Crippen molar-refractivity contribution >= 4 is 10.1 Å². The Morgan fingerprint density at radius 2 is 1.27 bits per heavy atom. The van der Waals surface area contributed by atoms with Crippen LogP contribution in [-0.4, -0.2) is 18.1 Å². The van der Waals surface area contributed by atoms with Crippen LogP contribution in [0, 0.1) is 29.6 Å². The van der Waals surface area contributed by atoms with Gasteiger partial charge in [0.1, 0.15) is 10.6 Å². The molecule has 6 bridgehead atoms. The van der Waals surface area contributed by atoms with E-state index in [1.54, 1.807) is 12.1 Å². The van der Waals surface area contributed by atoms with Gasteiger partial charge in [0, 0.05) is 0 Å². The Bertz CT molecular complexity index is 947. The van der Waals surface area contributed by atoms with Gasteiger partial charge in [0.25, 0.3) is 10.1 Å². The summed E-state index contributed by atoms with van der Waals surface area (Å²) in [5, 5.41) is 10.8. The molecule has 1 aromatic carbocycles. The van der Waals surface area contributed by atoms with Crippen LogP contribution in [0.2, 0.25) is 0 Å². The summed E-state index contributed by atoms with van der Waals surface area (Å²) in [5.74, 6) is 3.43. The monoisotopic (exact) mass is 430 g/mol. The van der Waals surface area contributed by atoms with Crippen LogP contribution in [0.25, 0.3) is 0 Å². The minimum Gasteiger partial charge on any atom is -0.508 e. The molecule has 0 aliphatic heterocycles. The Labute approximate surface area is 180 Å². The van der Waals surface area contributed by atoms with Gasteiger partial charge in [0.15, 0.2) is 0 Å². The normalized spacial score (nSPS) is 44.5. The van der Waals surface area contributed by atoms with Crippen LogP contribution in [0.15, 0.2) is 17.0 Å². The van der Waals surface area contributed by atoms with Crippen molar-refractivity contribution in [2.24, 2.45) is 29.6 Å². The zero-order valence-electron chi connectivity index (χ0n) is 17.9. The molecule has 6 saturated carbocycles. The lowest BCUT2D eigenvalue weighted by Gasteiger charge is -2.57. The zero-order valence-corrected chi connectivity index (χ0v) is 18.8. The van der Waals surface area contributed by atoms with Gasteiger partial charge >= 0.3 is 0 Å². The predicted molar refractivity (Wildman–Crippen MR) is 115 cm³/mol. The Hall–Kier alpha value is -1.07. The summed E-state index contributed by atoms with van der Waals surface area (Å²) < 4.78 is 36.4. The lowest BCUT2D eigenvalue weighted by atomic mass is 9.48. The fourth-order valence-electron chi connectivity index (χ4n) is 9.30. The van der Waals surface area contributed by atoms with Gasteiger partial charge < -0.3 is 5.11 Å². The van der Waals surface area contributed by atoms with Crippen molar-refractivity contribution in [1.82, 2.24) is 0 Å². The van der Waals surface area contributed by atoms with Gasteiger partial charge in [-0.05, 0) is 121 Å². The van der Waals surface area contributed by atoms with Gasteiger partial charge in [0.2, 0.25) is 0 Å². The second-order valence-electron chi connectivity index (χ2n) is 12.1. The van der Waals surface area contributed by atoms with E-state index in [0.29, 0.717) is 35.2 Å². The average Bonchev–Trinajstić information content (AvgIpc) is 2.98. The molecule has 0 aromatic heterocycles. The number of hydrogen-bond acceptors (Lipinski definition) is 3. The first-order valence-electron chi connectivity index (χ1n) is 12.0. The maximum Gasteiger partial charge on any atom is 0.295 e. The lowest BCUT2D eigenvalue weighted by molar-refractivity contribution is -0.00680. The number of phenols is 1. The van der Waals surface area contributed by atoms with Crippen molar-refractivity contribution in [3.63, 3.8) is 0 Å². The quantitative estimate of drug-likeness (QED) is 0.614. The van der Waals surface area contributed by atoms with Gasteiger partial charge in [0.05, 0.1) is 0 Å². The topological polar surface area (TPSA) is 74.6 Å². The van der Waals surface area contributed by atoms with Crippen LogP contribution in [0.3, 0.4) is 0 Å². The molecular formula is C25H34O4S. The predicted octanol–water partition coefficient (Wildman–Crippen LogP) is 5.57. The molecule has 7 rings (SSSR count).